The van der Waals surface area contributed by atoms with Crippen LogP contribution in [0.25, 0.3) is 0 Å². The molecule has 0 aliphatic heterocycles. The number of ether oxygens (including phenoxy) is 1. The minimum atomic E-state index is 0.628. The van der Waals surface area contributed by atoms with Crippen LogP contribution in [0.5, 0.6) is 5.88 Å². The summed E-state index contributed by atoms with van der Waals surface area (Å²) < 4.78 is 5.09. The lowest BCUT2D eigenvalue weighted by Gasteiger charge is -2.09. The fraction of sp³-hybridized carbons (Fsp3) is 0.214. The molecule has 0 fully saturated rings. The van der Waals surface area contributed by atoms with Crippen LogP contribution >= 0.6 is 0 Å². The van der Waals surface area contributed by atoms with Gasteiger partial charge in [-0.15, -0.1) is 0 Å². The van der Waals surface area contributed by atoms with Crippen molar-refractivity contribution in [1.29, 1.82) is 0 Å². The van der Waals surface area contributed by atoms with Gasteiger partial charge in [-0.2, -0.15) is 0 Å². The molecule has 0 atom stereocenters. The van der Waals surface area contributed by atoms with Crippen LogP contribution in [-0.2, 0) is 6.54 Å². The van der Waals surface area contributed by atoms with Gasteiger partial charge in [-0.3, -0.25) is 0 Å². The van der Waals surface area contributed by atoms with Crippen LogP contribution in [-0.4, -0.2) is 12.1 Å². The summed E-state index contributed by atoms with van der Waals surface area (Å²) in [4.78, 5) is 4.07. The third-order valence-corrected chi connectivity index (χ3v) is 2.77. The van der Waals surface area contributed by atoms with Crippen molar-refractivity contribution in [1.82, 2.24) is 4.98 Å². The first-order chi connectivity index (χ1) is 8.69. The second kappa shape index (κ2) is 5.40. The van der Waals surface area contributed by atoms with Gasteiger partial charge in [-0.1, -0.05) is 0 Å². The second-order valence-electron chi connectivity index (χ2n) is 4.13. The summed E-state index contributed by atoms with van der Waals surface area (Å²) in [7, 11) is 1.61. The van der Waals surface area contributed by atoms with Gasteiger partial charge in [-0.05, 0) is 42.3 Å². The molecule has 4 heteroatoms. The number of nitrogen functional groups attached to an aromatic ring is 1. The molecule has 0 bridgehead atoms. The third kappa shape index (κ3) is 2.91. The largest absolute Gasteiger partial charge is 0.481 e. The molecule has 1 heterocycles. The first-order valence-electron chi connectivity index (χ1n) is 5.78. The molecule has 1 aromatic carbocycles. The number of methoxy groups -OCH3 is 1. The Balaban J connectivity index is 2.04. The van der Waals surface area contributed by atoms with Crippen molar-refractivity contribution in [2.24, 2.45) is 0 Å². The first-order valence-corrected chi connectivity index (χ1v) is 5.78. The monoisotopic (exact) mass is 243 g/mol. The van der Waals surface area contributed by atoms with E-state index in [-0.39, 0.29) is 0 Å². The molecule has 0 unspecified atom stereocenters. The molecule has 3 N–H and O–H groups in total. The van der Waals surface area contributed by atoms with Gasteiger partial charge in [0, 0.05) is 30.2 Å². The maximum Gasteiger partial charge on any atom is 0.213 e. The number of anilines is 2. The van der Waals surface area contributed by atoms with Gasteiger partial charge >= 0.3 is 0 Å². The normalized spacial score (nSPS) is 10.1. The Kier molecular flexibility index (Phi) is 3.67. The Bertz CT molecular complexity index is 540. The summed E-state index contributed by atoms with van der Waals surface area (Å²) in [6, 6.07) is 9.79. The van der Waals surface area contributed by atoms with Crippen LogP contribution in [0.15, 0.2) is 36.5 Å². The minimum Gasteiger partial charge on any atom is -0.481 e. The van der Waals surface area contributed by atoms with Crippen molar-refractivity contribution in [3.8, 4) is 5.88 Å². The van der Waals surface area contributed by atoms with Gasteiger partial charge < -0.3 is 15.8 Å². The molecule has 0 aliphatic carbocycles. The number of hydrogen-bond donors (Lipinski definition) is 2. The van der Waals surface area contributed by atoms with Crippen LogP contribution in [0.3, 0.4) is 0 Å². The van der Waals surface area contributed by atoms with Gasteiger partial charge in [0.1, 0.15) is 0 Å². The number of aromatic nitrogens is 1. The number of aryl methyl sites for hydroxylation is 1. The predicted octanol–water partition coefficient (Wildman–Crippen LogP) is 2.59. The standard InChI is InChI=1S/C14H17N3O/c1-10-7-12(3-4-13(10)15)17-9-11-5-6-16-14(8-11)18-2/h3-8,17H,9,15H2,1-2H3. The Morgan fingerprint density at radius 2 is 2.11 bits per heavy atom. The van der Waals surface area contributed by atoms with E-state index in [9.17, 15) is 0 Å². The molecule has 2 rings (SSSR count). The average molecular weight is 243 g/mol. The lowest BCUT2D eigenvalue weighted by Crippen LogP contribution is -2.01. The highest BCUT2D eigenvalue weighted by atomic mass is 16.5. The maximum atomic E-state index is 5.78. The third-order valence-electron chi connectivity index (χ3n) is 2.77. The second-order valence-corrected chi connectivity index (χ2v) is 4.13. The molecule has 0 saturated heterocycles. The number of rotatable bonds is 4. The number of nitrogens with zero attached hydrogens (tertiary/aromatic N) is 1. The molecule has 94 valence electrons. The van der Waals surface area contributed by atoms with Crippen molar-refractivity contribution in [3.63, 3.8) is 0 Å². The smallest absolute Gasteiger partial charge is 0.213 e. The molecule has 1 aromatic heterocycles. The van der Waals surface area contributed by atoms with E-state index < -0.39 is 0 Å². The van der Waals surface area contributed by atoms with E-state index in [2.05, 4.69) is 10.3 Å². The zero-order valence-corrected chi connectivity index (χ0v) is 10.6. The van der Waals surface area contributed by atoms with Gasteiger partial charge in [-0.25, -0.2) is 4.98 Å². The zero-order valence-electron chi connectivity index (χ0n) is 10.6. The lowest BCUT2D eigenvalue weighted by atomic mass is 10.2. The molecule has 0 radical (unpaired) electrons. The summed E-state index contributed by atoms with van der Waals surface area (Å²) in [5.74, 6) is 0.628. The Labute approximate surface area is 107 Å². The van der Waals surface area contributed by atoms with E-state index in [0.717, 1.165) is 29.0 Å². The predicted molar refractivity (Wildman–Crippen MR) is 73.7 cm³/mol. The molecule has 4 nitrogen and oxygen atoms in total. The highest BCUT2D eigenvalue weighted by Gasteiger charge is 1.99. The van der Waals surface area contributed by atoms with Gasteiger partial charge in [0.15, 0.2) is 0 Å². The van der Waals surface area contributed by atoms with Crippen molar-refractivity contribution in [2.45, 2.75) is 13.5 Å². The summed E-state index contributed by atoms with van der Waals surface area (Å²) in [6.45, 7) is 2.72. The van der Waals surface area contributed by atoms with Gasteiger partial charge in [0.25, 0.3) is 0 Å². The fourth-order valence-electron chi connectivity index (χ4n) is 1.66. The van der Waals surface area contributed by atoms with Gasteiger partial charge in [0.2, 0.25) is 5.88 Å². The SMILES string of the molecule is COc1cc(CNc2ccc(N)c(C)c2)ccn1. The van der Waals surface area contributed by atoms with E-state index in [1.165, 1.54) is 0 Å². The first kappa shape index (κ1) is 12.2. The minimum absolute atomic E-state index is 0.628. The van der Waals surface area contributed by atoms with Crippen LogP contribution in [0.2, 0.25) is 0 Å². The summed E-state index contributed by atoms with van der Waals surface area (Å²) in [5.41, 5.74) is 9.84. The molecular weight excluding hydrogens is 226 g/mol. The van der Waals surface area contributed by atoms with Gasteiger partial charge in [0.05, 0.1) is 7.11 Å². The van der Waals surface area contributed by atoms with Crippen LogP contribution in [0.4, 0.5) is 11.4 Å². The van der Waals surface area contributed by atoms with E-state index in [4.69, 9.17) is 10.5 Å². The van der Waals surface area contributed by atoms with E-state index in [1.54, 1.807) is 13.3 Å². The zero-order chi connectivity index (χ0) is 13.0. The Morgan fingerprint density at radius 1 is 1.28 bits per heavy atom. The number of benzene rings is 1. The van der Waals surface area contributed by atoms with Crippen molar-refractivity contribution < 1.29 is 4.74 Å². The number of pyridine rings is 1. The average Bonchev–Trinajstić information content (AvgIpc) is 2.40. The summed E-state index contributed by atoms with van der Waals surface area (Å²) in [6.07, 6.45) is 1.74. The number of nitrogens with two attached hydrogens (primary N) is 1. The molecule has 0 spiro atoms. The Morgan fingerprint density at radius 3 is 2.83 bits per heavy atom. The fourth-order valence-corrected chi connectivity index (χ4v) is 1.66. The topological polar surface area (TPSA) is 60.2 Å². The summed E-state index contributed by atoms with van der Waals surface area (Å²) >= 11 is 0. The lowest BCUT2D eigenvalue weighted by molar-refractivity contribution is 0.397. The van der Waals surface area contributed by atoms with Crippen molar-refractivity contribution in [3.05, 3.63) is 47.7 Å². The van der Waals surface area contributed by atoms with Crippen LogP contribution < -0.4 is 15.8 Å². The maximum absolute atomic E-state index is 5.78. The van der Waals surface area contributed by atoms with E-state index in [1.807, 2.05) is 37.3 Å². The van der Waals surface area contributed by atoms with Crippen LogP contribution in [0, 0.1) is 6.92 Å². The quantitative estimate of drug-likeness (QED) is 0.810. The number of nitrogens with one attached hydrogen (secondary N) is 1. The van der Waals surface area contributed by atoms with Crippen LogP contribution in [0.1, 0.15) is 11.1 Å². The van der Waals surface area contributed by atoms with Crippen molar-refractivity contribution >= 4 is 11.4 Å². The molecule has 0 saturated carbocycles. The van der Waals surface area contributed by atoms with E-state index in [0.29, 0.717) is 5.88 Å². The molecule has 0 amide bonds. The van der Waals surface area contributed by atoms with Crippen molar-refractivity contribution in [2.75, 3.05) is 18.2 Å². The molecule has 2 aromatic rings. The molecular formula is C14H17N3O. The highest BCUT2D eigenvalue weighted by Crippen LogP contribution is 2.17. The Hall–Kier alpha value is -2.23. The summed E-state index contributed by atoms with van der Waals surface area (Å²) in [5, 5.41) is 3.34. The van der Waals surface area contributed by atoms with E-state index >= 15 is 0 Å². The molecule has 0 aliphatic rings. The number of hydrogen-bond acceptors (Lipinski definition) is 4. The molecule has 18 heavy (non-hydrogen) atoms. The highest BCUT2D eigenvalue weighted by molar-refractivity contribution is 5.56.